The first kappa shape index (κ1) is 25.9. The van der Waals surface area contributed by atoms with E-state index in [9.17, 15) is 22.8 Å². The third-order valence-electron chi connectivity index (χ3n) is 7.04. The van der Waals surface area contributed by atoms with Crippen molar-refractivity contribution in [3.05, 3.63) is 35.7 Å². The van der Waals surface area contributed by atoms with Crippen molar-refractivity contribution in [1.82, 2.24) is 40.5 Å². The standard InChI is InChI=1S/C23H28F3N9O3/c1-3-17-16(10-38-31-17)21(36)29-19(18(13-4-5-13)14-6-7-14)22(37)28-15-8-27-34(9-15)12(2)20-30-32-33-35(20)11-23(24,25)26/h8-10,12-14,18-19H,3-7,11H2,1-2H3,(H,28,37)(H,29,36)/t12?,19-/m0/s1. The number of aromatic nitrogens is 7. The van der Waals surface area contributed by atoms with Gasteiger partial charge in [-0.1, -0.05) is 12.1 Å². The molecule has 0 spiro atoms. The summed E-state index contributed by atoms with van der Waals surface area (Å²) in [5, 5.41) is 24.3. The topological polar surface area (TPSA) is 146 Å². The number of carbonyl (C=O) groups excluding carboxylic acids is 2. The number of nitrogens with one attached hydrogen (secondary N) is 2. The van der Waals surface area contributed by atoms with Gasteiger partial charge in [-0.05, 0) is 67.2 Å². The third-order valence-corrected chi connectivity index (χ3v) is 7.04. The summed E-state index contributed by atoms with van der Waals surface area (Å²) >= 11 is 0. The predicted molar refractivity (Wildman–Crippen MR) is 125 cm³/mol. The van der Waals surface area contributed by atoms with Crippen molar-refractivity contribution < 1.29 is 27.3 Å². The predicted octanol–water partition coefficient (Wildman–Crippen LogP) is 2.76. The Kier molecular flexibility index (Phi) is 6.92. The number of anilines is 1. The second-order valence-corrected chi connectivity index (χ2v) is 9.92. The Labute approximate surface area is 215 Å². The Bertz CT molecular complexity index is 1280. The molecule has 2 amide bonds. The SMILES string of the molecule is CCc1nocc1C(=O)N[C@H](C(=O)Nc1cnn(C(C)c2nnnn2CC(F)(F)F)c1)C(C1CC1)C1CC1. The molecule has 2 aliphatic carbocycles. The molecule has 12 nitrogen and oxygen atoms in total. The summed E-state index contributed by atoms with van der Waals surface area (Å²) in [6.45, 7) is 2.12. The molecule has 3 heterocycles. The fourth-order valence-corrected chi connectivity index (χ4v) is 4.89. The molecule has 2 saturated carbocycles. The molecule has 38 heavy (non-hydrogen) atoms. The van der Waals surface area contributed by atoms with E-state index in [1.54, 1.807) is 6.92 Å². The van der Waals surface area contributed by atoms with Crippen molar-refractivity contribution >= 4 is 17.5 Å². The van der Waals surface area contributed by atoms with Crippen LogP contribution in [0.1, 0.15) is 67.4 Å². The van der Waals surface area contributed by atoms with Gasteiger partial charge in [0.1, 0.15) is 30.5 Å². The van der Waals surface area contributed by atoms with Gasteiger partial charge < -0.3 is 15.2 Å². The van der Waals surface area contributed by atoms with Crippen LogP contribution in [0.3, 0.4) is 0 Å². The summed E-state index contributed by atoms with van der Waals surface area (Å²) in [6.07, 6.45) is 4.23. The van der Waals surface area contributed by atoms with Gasteiger partial charge in [0, 0.05) is 6.20 Å². The summed E-state index contributed by atoms with van der Waals surface area (Å²) in [7, 11) is 0. The maximum absolute atomic E-state index is 13.5. The van der Waals surface area contributed by atoms with Crippen molar-refractivity contribution in [2.45, 2.75) is 70.8 Å². The Balaban J connectivity index is 1.32. The molecule has 1 unspecified atom stereocenters. The summed E-state index contributed by atoms with van der Waals surface area (Å²) in [5.41, 5.74) is 1.15. The van der Waals surface area contributed by atoms with Gasteiger partial charge in [0.2, 0.25) is 5.91 Å². The first-order valence-corrected chi connectivity index (χ1v) is 12.6. The molecule has 0 radical (unpaired) electrons. The smallest absolute Gasteiger partial charge is 0.364 e. The lowest BCUT2D eigenvalue weighted by Crippen LogP contribution is -2.50. The van der Waals surface area contributed by atoms with Crippen LogP contribution >= 0.6 is 0 Å². The third kappa shape index (κ3) is 5.70. The van der Waals surface area contributed by atoms with Crippen molar-refractivity contribution in [3.8, 4) is 0 Å². The average Bonchev–Trinajstić information content (AvgIpc) is 3.73. The van der Waals surface area contributed by atoms with E-state index in [-0.39, 0.29) is 17.6 Å². The van der Waals surface area contributed by atoms with Crippen LogP contribution in [0.15, 0.2) is 23.2 Å². The van der Waals surface area contributed by atoms with Gasteiger partial charge >= 0.3 is 6.18 Å². The highest BCUT2D eigenvalue weighted by Crippen LogP contribution is 2.51. The van der Waals surface area contributed by atoms with Gasteiger partial charge in [-0.2, -0.15) is 18.3 Å². The van der Waals surface area contributed by atoms with E-state index in [1.807, 2.05) is 6.92 Å². The Morgan fingerprint density at radius 3 is 2.55 bits per heavy atom. The molecule has 2 aliphatic rings. The largest absolute Gasteiger partial charge is 0.408 e. The number of nitrogens with zero attached hydrogens (tertiary/aromatic N) is 7. The van der Waals surface area contributed by atoms with E-state index in [0.29, 0.717) is 39.9 Å². The molecule has 2 atom stereocenters. The summed E-state index contributed by atoms with van der Waals surface area (Å²) < 4.78 is 45.6. The van der Waals surface area contributed by atoms with E-state index in [1.165, 1.54) is 23.3 Å². The van der Waals surface area contributed by atoms with E-state index < -0.39 is 30.7 Å². The zero-order chi connectivity index (χ0) is 27.0. The molecule has 2 fully saturated rings. The quantitative estimate of drug-likeness (QED) is 0.381. The Hall–Kier alpha value is -3.78. The number of alkyl halides is 3. The van der Waals surface area contributed by atoms with Crippen molar-refractivity contribution in [2.24, 2.45) is 17.8 Å². The zero-order valence-corrected chi connectivity index (χ0v) is 20.9. The number of tetrazole rings is 1. The maximum atomic E-state index is 13.5. The Morgan fingerprint density at radius 2 is 1.92 bits per heavy atom. The second kappa shape index (κ2) is 10.2. The fraction of sp³-hybridized carbons (Fsp3) is 0.609. The maximum Gasteiger partial charge on any atom is 0.408 e. The average molecular weight is 536 g/mol. The van der Waals surface area contributed by atoms with Gasteiger partial charge in [-0.15, -0.1) is 5.10 Å². The first-order valence-electron chi connectivity index (χ1n) is 12.6. The molecule has 3 aromatic rings. The van der Waals surface area contributed by atoms with E-state index in [0.717, 1.165) is 25.7 Å². The minimum absolute atomic E-state index is 0.00449. The number of hydrogen-bond acceptors (Lipinski definition) is 8. The molecule has 0 aromatic carbocycles. The molecule has 0 bridgehead atoms. The van der Waals surface area contributed by atoms with Gasteiger partial charge in [0.05, 0.1) is 17.6 Å². The highest BCUT2D eigenvalue weighted by Gasteiger charge is 2.48. The normalized spacial score (nSPS) is 17.4. The molecule has 204 valence electrons. The van der Waals surface area contributed by atoms with Crippen molar-refractivity contribution in [2.75, 3.05) is 5.32 Å². The summed E-state index contributed by atoms with van der Waals surface area (Å²) in [6, 6.07) is -1.51. The van der Waals surface area contributed by atoms with E-state index in [2.05, 4.69) is 36.4 Å². The lowest BCUT2D eigenvalue weighted by atomic mass is 9.88. The summed E-state index contributed by atoms with van der Waals surface area (Å²) in [5.74, 6) is -0.105. The van der Waals surface area contributed by atoms with Crippen LogP contribution in [0.2, 0.25) is 0 Å². The molecule has 2 N–H and O–H groups in total. The molecule has 3 aromatic heterocycles. The molecular weight excluding hydrogens is 507 g/mol. The van der Waals surface area contributed by atoms with Crippen LogP contribution in [0, 0.1) is 17.8 Å². The molecule has 5 rings (SSSR count). The number of amides is 2. The van der Waals surface area contributed by atoms with Crippen LogP contribution in [0.5, 0.6) is 0 Å². The van der Waals surface area contributed by atoms with Crippen LogP contribution < -0.4 is 10.6 Å². The van der Waals surface area contributed by atoms with Gasteiger partial charge in [0.25, 0.3) is 5.91 Å². The van der Waals surface area contributed by atoms with Crippen LogP contribution in [-0.2, 0) is 17.8 Å². The number of rotatable bonds is 11. The molecule has 0 saturated heterocycles. The number of carbonyl (C=O) groups is 2. The zero-order valence-electron chi connectivity index (χ0n) is 20.9. The Morgan fingerprint density at radius 1 is 1.21 bits per heavy atom. The van der Waals surface area contributed by atoms with Gasteiger partial charge in [-0.25, -0.2) is 4.68 Å². The molecule has 15 heteroatoms. The van der Waals surface area contributed by atoms with E-state index >= 15 is 0 Å². The number of aryl methyl sites for hydroxylation is 1. The van der Waals surface area contributed by atoms with Crippen molar-refractivity contribution in [1.29, 1.82) is 0 Å². The monoisotopic (exact) mass is 535 g/mol. The van der Waals surface area contributed by atoms with Gasteiger partial charge in [0.15, 0.2) is 5.82 Å². The van der Waals surface area contributed by atoms with Crippen LogP contribution in [0.25, 0.3) is 0 Å². The minimum Gasteiger partial charge on any atom is -0.364 e. The highest BCUT2D eigenvalue weighted by atomic mass is 19.4. The van der Waals surface area contributed by atoms with Crippen LogP contribution in [-0.4, -0.2) is 59.2 Å². The van der Waals surface area contributed by atoms with Gasteiger partial charge in [-0.3, -0.25) is 14.3 Å². The number of halogens is 3. The van der Waals surface area contributed by atoms with E-state index in [4.69, 9.17) is 4.52 Å². The fourth-order valence-electron chi connectivity index (χ4n) is 4.89. The minimum atomic E-state index is -4.49. The summed E-state index contributed by atoms with van der Waals surface area (Å²) in [4.78, 5) is 26.6. The number of hydrogen-bond donors (Lipinski definition) is 2. The second-order valence-electron chi connectivity index (χ2n) is 9.92. The highest BCUT2D eigenvalue weighted by molar-refractivity contribution is 6.01. The molecule has 0 aliphatic heterocycles. The lowest BCUT2D eigenvalue weighted by Gasteiger charge is -2.27. The lowest BCUT2D eigenvalue weighted by molar-refractivity contribution is -0.143. The first-order chi connectivity index (χ1) is 18.1. The molecular formula is C23H28F3N9O3. The van der Waals surface area contributed by atoms with Crippen LogP contribution in [0.4, 0.5) is 18.9 Å². The van der Waals surface area contributed by atoms with Crippen molar-refractivity contribution in [3.63, 3.8) is 0 Å².